The first kappa shape index (κ1) is 22.1. The van der Waals surface area contributed by atoms with Crippen molar-refractivity contribution in [1.29, 1.82) is 0 Å². The van der Waals surface area contributed by atoms with E-state index in [2.05, 4.69) is 20.9 Å². The summed E-state index contributed by atoms with van der Waals surface area (Å²) >= 11 is 0. The average Bonchev–Trinajstić information content (AvgIpc) is 2.68. The van der Waals surface area contributed by atoms with Gasteiger partial charge in [-0.25, -0.2) is 4.58 Å². The van der Waals surface area contributed by atoms with Crippen molar-refractivity contribution in [2.24, 2.45) is 0 Å². The van der Waals surface area contributed by atoms with Gasteiger partial charge >= 0.3 is 6.18 Å². The Kier molecular flexibility index (Phi) is 6.43. The van der Waals surface area contributed by atoms with Gasteiger partial charge in [0, 0.05) is 11.9 Å². The molecule has 0 saturated heterocycles. The molecule has 1 aliphatic rings. The fourth-order valence-electron chi connectivity index (χ4n) is 2.97. The van der Waals surface area contributed by atoms with Crippen molar-refractivity contribution >= 4 is 17.8 Å². The van der Waals surface area contributed by atoms with E-state index in [-0.39, 0.29) is 17.2 Å². The number of aromatic nitrogens is 1. The number of carbonyl (C=O) groups is 1. The van der Waals surface area contributed by atoms with E-state index in [1.165, 1.54) is 13.0 Å². The van der Waals surface area contributed by atoms with Crippen molar-refractivity contribution in [2.45, 2.75) is 26.1 Å². The number of hydrogen-bond donors (Lipinski definition) is 2. The van der Waals surface area contributed by atoms with Gasteiger partial charge in [-0.3, -0.25) is 9.78 Å². The second-order valence-electron chi connectivity index (χ2n) is 7.13. The highest BCUT2D eigenvalue weighted by Crippen LogP contribution is 2.30. The van der Waals surface area contributed by atoms with Gasteiger partial charge in [0.25, 0.3) is 5.91 Å². The Bertz CT molecular complexity index is 1070. The van der Waals surface area contributed by atoms with Crippen molar-refractivity contribution in [3.05, 3.63) is 88.5 Å². The number of halogens is 3. The molecule has 9 heteroatoms. The van der Waals surface area contributed by atoms with Crippen LogP contribution in [0.2, 0.25) is 0 Å². The summed E-state index contributed by atoms with van der Waals surface area (Å²) in [4.78, 5) is 15.9. The van der Waals surface area contributed by atoms with Gasteiger partial charge in [-0.2, -0.15) is 19.4 Å². The summed E-state index contributed by atoms with van der Waals surface area (Å²) in [5, 5.41) is 10.2. The Balaban J connectivity index is 1.60. The number of pyridine rings is 1. The van der Waals surface area contributed by atoms with Crippen LogP contribution in [0.15, 0.2) is 60.8 Å². The number of amides is 1. The number of nitrogens with zero attached hydrogens (tertiary/aromatic N) is 3. The van der Waals surface area contributed by atoms with Crippen LogP contribution in [-0.2, 0) is 6.18 Å². The summed E-state index contributed by atoms with van der Waals surface area (Å²) in [6, 6.07) is 8.15. The lowest BCUT2D eigenvalue weighted by Gasteiger charge is -2.26. The summed E-state index contributed by atoms with van der Waals surface area (Å²) in [6.07, 6.45) is 3.65. The Morgan fingerprint density at radius 1 is 1.29 bits per heavy atom. The van der Waals surface area contributed by atoms with Crippen LogP contribution in [0.5, 0.6) is 0 Å². The van der Waals surface area contributed by atoms with Crippen molar-refractivity contribution < 1.29 is 22.5 Å². The smallest absolute Gasteiger partial charge is 0.433 e. The molecule has 0 saturated carbocycles. The fraction of sp³-hybridized carbons (Fsp3) is 0.227. The van der Waals surface area contributed by atoms with Crippen LogP contribution in [0.1, 0.15) is 40.1 Å². The third kappa shape index (κ3) is 5.71. The normalized spacial score (nSPS) is 14.4. The van der Waals surface area contributed by atoms with Crippen LogP contribution in [-0.4, -0.2) is 28.7 Å². The van der Waals surface area contributed by atoms with Crippen LogP contribution >= 0.6 is 0 Å². The topological polar surface area (TPSA) is 71.1 Å². The maximum absolute atomic E-state index is 12.8. The largest absolute Gasteiger partial charge is 0.683 e. The number of alkyl halides is 3. The molecule has 2 heterocycles. The zero-order chi connectivity index (χ0) is 22.6. The molecule has 31 heavy (non-hydrogen) atoms. The number of carbonyl (C=O) groups excluding carboxylic acids is 1. The summed E-state index contributed by atoms with van der Waals surface area (Å²) in [5.41, 5.74) is 1.32. The first-order valence-corrected chi connectivity index (χ1v) is 9.49. The minimum Gasteiger partial charge on any atom is -0.683 e. The van der Waals surface area contributed by atoms with Crippen LogP contribution < -0.4 is 10.6 Å². The molecular formula is C22H22F3N5O. The summed E-state index contributed by atoms with van der Waals surface area (Å²) in [5.74, 6) is -0.537. The number of rotatable bonds is 7. The zero-order valence-electron chi connectivity index (χ0n) is 17.2. The Hall–Kier alpha value is -3.62. The minimum atomic E-state index is -4.56. The van der Waals surface area contributed by atoms with Crippen molar-refractivity contribution in [2.75, 3.05) is 12.4 Å². The molecule has 1 aliphatic heterocycles. The van der Waals surface area contributed by atoms with Crippen LogP contribution in [0.25, 0.3) is 5.32 Å². The molecule has 162 valence electrons. The van der Waals surface area contributed by atoms with E-state index in [1.807, 2.05) is 37.0 Å². The third-order valence-corrected chi connectivity index (χ3v) is 4.56. The number of nitrogens with one attached hydrogen (secondary N) is 2. The van der Waals surface area contributed by atoms with Crippen molar-refractivity contribution in [3.63, 3.8) is 0 Å². The van der Waals surface area contributed by atoms with Gasteiger partial charge in [-0.1, -0.05) is 30.7 Å². The zero-order valence-corrected chi connectivity index (χ0v) is 17.2. The number of allylic oxidation sites excluding steroid dienone is 1. The molecule has 0 spiro atoms. The number of hydrogen-bond acceptors (Lipinski definition) is 3. The standard InChI is InChI=1S/C22H22F3N5O/c1-14-9-17(11-28-20(14)22(23,24)25)21(31)29-18-6-4-5-16(10-18)15(2)26-7-8-27-19-12-30(3)13-19/h4-13,15,27H,1-3H3,(H,29,31). The molecule has 1 aromatic carbocycles. The van der Waals surface area contributed by atoms with Crippen LogP contribution in [0.3, 0.4) is 0 Å². The summed E-state index contributed by atoms with van der Waals surface area (Å²) < 4.78 is 40.5. The van der Waals surface area contributed by atoms with Crippen LogP contribution in [0, 0.1) is 6.92 Å². The van der Waals surface area contributed by atoms with Gasteiger partial charge in [0.2, 0.25) is 0 Å². The molecule has 1 unspecified atom stereocenters. The summed E-state index contributed by atoms with van der Waals surface area (Å²) in [6.45, 7) is 3.19. The Morgan fingerprint density at radius 2 is 2.03 bits per heavy atom. The molecule has 1 amide bonds. The lowest BCUT2D eigenvalue weighted by Crippen LogP contribution is -2.21. The van der Waals surface area contributed by atoms with Crippen molar-refractivity contribution in [1.82, 2.24) is 10.3 Å². The summed E-state index contributed by atoms with van der Waals surface area (Å²) in [7, 11) is 1.93. The molecule has 1 aromatic heterocycles. The molecule has 0 aliphatic carbocycles. The van der Waals surface area contributed by atoms with Gasteiger partial charge in [0.05, 0.1) is 5.56 Å². The monoisotopic (exact) mass is 429 g/mol. The molecule has 6 nitrogen and oxygen atoms in total. The van der Waals surface area contributed by atoms with E-state index in [0.717, 1.165) is 17.5 Å². The maximum atomic E-state index is 12.8. The molecular weight excluding hydrogens is 407 g/mol. The number of benzene rings is 1. The fourth-order valence-corrected chi connectivity index (χ4v) is 2.97. The molecule has 0 fully saturated rings. The Morgan fingerprint density at radius 3 is 2.68 bits per heavy atom. The molecule has 1 atom stereocenters. The van der Waals surface area contributed by atoms with Gasteiger partial charge in [-0.05, 0) is 36.9 Å². The molecule has 2 N–H and O–H groups in total. The average molecular weight is 429 g/mol. The van der Waals surface area contributed by atoms with E-state index in [1.54, 1.807) is 30.6 Å². The lowest BCUT2D eigenvalue weighted by molar-refractivity contribution is -0.429. The third-order valence-electron chi connectivity index (χ3n) is 4.56. The van der Waals surface area contributed by atoms with E-state index >= 15 is 0 Å². The molecule has 0 bridgehead atoms. The van der Waals surface area contributed by atoms with Gasteiger partial charge in [0.15, 0.2) is 18.1 Å². The van der Waals surface area contributed by atoms with Crippen molar-refractivity contribution in [3.8, 4) is 0 Å². The molecule has 3 rings (SSSR count). The van der Waals surface area contributed by atoms with Gasteiger partial charge in [0.1, 0.15) is 12.7 Å². The minimum absolute atomic E-state index is 0.0513. The SMILES string of the molecule is Cc1cc(C(=O)Nc2cccc(C(C)[N-]C=CNC3=C[N+](C)=C3)c2)cnc1C(F)(F)F. The van der Waals surface area contributed by atoms with Gasteiger partial charge in [-0.15, -0.1) is 0 Å². The van der Waals surface area contributed by atoms with Crippen LogP contribution in [0.4, 0.5) is 18.9 Å². The predicted molar refractivity (Wildman–Crippen MR) is 113 cm³/mol. The molecule has 0 radical (unpaired) electrons. The maximum Gasteiger partial charge on any atom is 0.433 e. The number of aryl methyl sites for hydroxylation is 1. The highest BCUT2D eigenvalue weighted by atomic mass is 19.4. The van der Waals surface area contributed by atoms with E-state index in [4.69, 9.17) is 0 Å². The van der Waals surface area contributed by atoms with Gasteiger partial charge < -0.3 is 16.0 Å². The second kappa shape index (κ2) is 9.03. The van der Waals surface area contributed by atoms with E-state index < -0.39 is 17.8 Å². The quantitative estimate of drug-likeness (QED) is 0.626. The first-order valence-electron chi connectivity index (χ1n) is 9.49. The predicted octanol–water partition coefficient (Wildman–Crippen LogP) is 4.72. The van der Waals surface area contributed by atoms with E-state index in [0.29, 0.717) is 5.69 Å². The van der Waals surface area contributed by atoms with E-state index in [9.17, 15) is 18.0 Å². The first-order chi connectivity index (χ1) is 14.6. The highest BCUT2D eigenvalue weighted by molar-refractivity contribution is 6.04. The lowest BCUT2D eigenvalue weighted by atomic mass is 10.1. The number of anilines is 1. The second-order valence-corrected chi connectivity index (χ2v) is 7.13. The Labute approximate surface area is 178 Å². The molecule has 2 aromatic rings. The highest BCUT2D eigenvalue weighted by Gasteiger charge is 2.34.